The molecule has 2 saturated heterocycles. The van der Waals surface area contributed by atoms with E-state index in [4.69, 9.17) is 4.74 Å². The maximum atomic E-state index is 14.2. The fourth-order valence-corrected chi connectivity index (χ4v) is 6.79. The van der Waals surface area contributed by atoms with Crippen LogP contribution in [-0.2, 0) is 14.5 Å². The van der Waals surface area contributed by atoms with E-state index in [1.165, 1.54) is 23.9 Å². The van der Waals surface area contributed by atoms with Crippen LogP contribution in [0, 0.1) is 5.82 Å². The number of para-hydroxylation sites is 1. The number of ether oxygens (including phenoxy) is 1. The van der Waals surface area contributed by atoms with Gasteiger partial charge in [0.2, 0.25) is 10.8 Å². The Morgan fingerprint density at radius 2 is 1.57 bits per heavy atom. The predicted molar refractivity (Wildman–Crippen MR) is 144 cm³/mol. The van der Waals surface area contributed by atoms with E-state index < -0.39 is 4.87 Å². The second-order valence-corrected chi connectivity index (χ2v) is 10.5. The Kier molecular flexibility index (Phi) is 6.04. The third kappa shape index (κ3) is 3.93. The molecule has 7 nitrogen and oxygen atoms in total. The molecule has 1 atom stereocenters. The van der Waals surface area contributed by atoms with Crippen LogP contribution in [0.5, 0.6) is 5.75 Å². The number of anilines is 3. The molecule has 0 bridgehead atoms. The number of hydrogen-bond acceptors (Lipinski definition) is 6. The van der Waals surface area contributed by atoms with Crippen LogP contribution in [0.3, 0.4) is 0 Å². The predicted octanol–water partition coefficient (Wildman–Crippen LogP) is 3.89. The Labute approximate surface area is 219 Å². The number of thioether (sulfide) groups is 1. The van der Waals surface area contributed by atoms with Crippen molar-refractivity contribution in [1.82, 2.24) is 4.90 Å². The highest BCUT2D eigenvalue weighted by Gasteiger charge is 2.61. The van der Waals surface area contributed by atoms with Gasteiger partial charge in [0.05, 0.1) is 25.2 Å². The number of fused-ring (bicyclic) bond motifs is 2. The molecule has 0 aromatic heterocycles. The fourth-order valence-electron chi connectivity index (χ4n) is 5.43. The Hall–Kier alpha value is -3.56. The molecule has 3 aliphatic rings. The molecule has 3 heterocycles. The molecule has 0 radical (unpaired) electrons. The van der Waals surface area contributed by atoms with Crippen LogP contribution in [0.2, 0.25) is 0 Å². The van der Waals surface area contributed by atoms with E-state index in [1.54, 1.807) is 24.1 Å². The van der Waals surface area contributed by atoms with Gasteiger partial charge in [-0.15, -0.1) is 11.8 Å². The highest BCUT2D eigenvalue weighted by molar-refractivity contribution is 8.02. The minimum atomic E-state index is -1.13. The summed E-state index contributed by atoms with van der Waals surface area (Å²) in [6, 6.07) is 21.6. The van der Waals surface area contributed by atoms with E-state index in [2.05, 4.69) is 9.80 Å². The first kappa shape index (κ1) is 23.8. The number of piperazine rings is 1. The summed E-state index contributed by atoms with van der Waals surface area (Å²) in [6.07, 6.45) is 0. The quantitative estimate of drug-likeness (QED) is 0.511. The van der Waals surface area contributed by atoms with Crippen LogP contribution in [0.1, 0.15) is 5.56 Å². The number of amides is 2. The van der Waals surface area contributed by atoms with Crippen molar-refractivity contribution in [1.29, 1.82) is 0 Å². The molecule has 0 aliphatic carbocycles. The number of hydrogen-bond donors (Lipinski definition) is 0. The largest absolute Gasteiger partial charge is 0.497 e. The monoisotopic (exact) mass is 518 g/mol. The van der Waals surface area contributed by atoms with Gasteiger partial charge in [-0.1, -0.05) is 18.2 Å². The summed E-state index contributed by atoms with van der Waals surface area (Å²) in [5, 5.41) is 0. The van der Waals surface area contributed by atoms with Crippen molar-refractivity contribution in [2.24, 2.45) is 0 Å². The third-order valence-corrected chi connectivity index (χ3v) is 8.69. The minimum absolute atomic E-state index is 0.0897. The lowest BCUT2D eigenvalue weighted by atomic mass is 10.0. The van der Waals surface area contributed by atoms with Gasteiger partial charge in [-0.25, -0.2) is 4.39 Å². The van der Waals surface area contributed by atoms with E-state index in [9.17, 15) is 14.0 Å². The smallest absolute Gasteiger partial charge is 0.269 e. The molecule has 0 unspecified atom stereocenters. The second-order valence-electron chi connectivity index (χ2n) is 9.33. The normalized spacial score (nSPS) is 21.7. The fraction of sp³-hybridized carbons (Fsp3) is 0.286. The molecular weight excluding hydrogens is 491 g/mol. The van der Waals surface area contributed by atoms with Gasteiger partial charge in [0.1, 0.15) is 11.6 Å². The van der Waals surface area contributed by atoms with E-state index in [-0.39, 0.29) is 23.4 Å². The average Bonchev–Trinajstić information content (AvgIpc) is 3.40. The van der Waals surface area contributed by atoms with Crippen molar-refractivity contribution in [2.45, 2.75) is 4.87 Å². The molecular formula is C28H27FN4O3S. The van der Waals surface area contributed by atoms with Crippen LogP contribution < -0.4 is 19.4 Å². The second kappa shape index (κ2) is 9.39. The molecule has 3 aromatic rings. The molecule has 1 spiro atoms. The zero-order valence-corrected chi connectivity index (χ0v) is 21.3. The average molecular weight is 519 g/mol. The summed E-state index contributed by atoms with van der Waals surface area (Å²) in [6.45, 7) is 3.55. The van der Waals surface area contributed by atoms with Gasteiger partial charge < -0.3 is 9.64 Å². The first-order valence-electron chi connectivity index (χ1n) is 12.3. The lowest BCUT2D eigenvalue weighted by Crippen LogP contribution is -2.54. The summed E-state index contributed by atoms with van der Waals surface area (Å²) in [5.74, 6) is 0.497. The van der Waals surface area contributed by atoms with Gasteiger partial charge in [-0.2, -0.15) is 0 Å². The van der Waals surface area contributed by atoms with Gasteiger partial charge in [-0.3, -0.25) is 24.3 Å². The third-order valence-electron chi connectivity index (χ3n) is 7.30. The van der Waals surface area contributed by atoms with Crippen molar-refractivity contribution in [3.63, 3.8) is 0 Å². The Bertz CT molecular complexity index is 1330. The number of carbonyl (C=O) groups is 2. The molecule has 2 amide bonds. The molecule has 0 saturated carbocycles. The SMILES string of the molecule is COc1ccc(N2C(=O)CS[C@]23C(=O)N(CN2CCN(c4ccc(F)cc4)CC2)c2ccccc23)cc1. The summed E-state index contributed by atoms with van der Waals surface area (Å²) < 4.78 is 18.6. The number of nitrogens with zero attached hydrogens (tertiary/aromatic N) is 4. The molecule has 3 aliphatic heterocycles. The molecule has 2 fully saturated rings. The molecule has 3 aromatic carbocycles. The summed E-state index contributed by atoms with van der Waals surface area (Å²) in [5.41, 5.74) is 3.36. The molecule has 190 valence electrons. The van der Waals surface area contributed by atoms with Gasteiger partial charge in [0, 0.05) is 43.1 Å². The van der Waals surface area contributed by atoms with Gasteiger partial charge in [0.15, 0.2) is 0 Å². The minimum Gasteiger partial charge on any atom is -0.497 e. The first-order chi connectivity index (χ1) is 18.0. The zero-order valence-electron chi connectivity index (χ0n) is 20.5. The van der Waals surface area contributed by atoms with E-state index in [0.29, 0.717) is 18.1 Å². The van der Waals surface area contributed by atoms with Crippen LogP contribution in [0.15, 0.2) is 72.8 Å². The number of carbonyl (C=O) groups excluding carboxylic acids is 2. The molecule has 37 heavy (non-hydrogen) atoms. The summed E-state index contributed by atoms with van der Waals surface area (Å²) in [7, 11) is 1.60. The number of halogens is 1. The molecule has 6 rings (SSSR count). The van der Waals surface area contributed by atoms with Crippen molar-refractivity contribution in [2.75, 3.05) is 60.4 Å². The van der Waals surface area contributed by atoms with Crippen molar-refractivity contribution in [3.8, 4) is 5.75 Å². The number of benzene rings is 3. The zero-order chi connectivity index (χ0) is 25.6. The number of methoxy groups -OCH3 is 1. The van der Waals surface area contributed by atoms with Crippen LogP contribution in [0.4, 0.5) is 21.5 Å². The highest BCUT2D eigenvalue weighted by atomic mass is 32.2. The van der Waals surface area contributed by atoms with Gasteiger partial charge in [0.25, 0.3) is 5.91 Å². The van der Waals surface area contributed by atoms with Crippen molar-refractivity contribution in [3.05, 3.63) is 84.2 Å². The van der Waals surface area contributed by atoms with E-state index in [0.717, 1.165) is 43.1 Å². The highest BCUT2D eigenvalue weighted by Crippen LogP contribution is 2.55. The van der Waals surface area contributed by atoms with E-state index >= 15 is 0 Å². The Morgan fingerprint density at radius 1 is 0.892 bits per heavy atom. The summed E-state index contributed by atoms with van der Waals surface area (Å²) in [4.78, 5) is 34.3. The lowest BCUT2D eigenvalue weighted by molar-refractivity contribution is -0.124. The topological polar surface area (TPSA) is 56.3 Å². The van der Waals surface area contributed by atoms with Gasteiger partial charge in [-0.05, 0) is 54.6 Å². The molecule has 9 heteroatoms. The maximum Gasteiger partial charge on any atom is 0.269 e. The van der Waals surface area contributed by atoms with Crippen LogP contribution in [-0.4, -0.2) is 62.4 Å². The standard InChI is InChI=1S/C28H27FN4O3S/c1-36-23-12-10-22(11-13-23)33-26(34)18-37-28(33)24-4-2-3-5-25(24)32(27(28)35)19-30-14-16-31(17-15-30)21-8-6-20(29)7-9-21/h2-13H,14-19H2,1H3/t28-/m1/s1. The Morgan fingerprint density at radius 3 is 2.27 bits per heavy atom. The van der Waals surface area contributed by atoms with Crippen LogP contribution in [0.25, 0.3) is 0 Å². The Balaban J connectivity index is 1.26. The van der Waals surface area contributed by atoms with Crippen molar-refractivity contribution >= 4 is 40.6 Å². The van der Waals surface area contributed by atoms with Crippen molar-refractivity contribution < 1.29 is 18.7 Å². The summed E-state index contributed by atoms with van der Waals surface area (Å²) >= 11 is 1.39. The van der Waals surface area contributed by atoms with Gasteiger partial charge >= 0.3 is 0 Å². The molecule has 0 N–H and O–H groups in total. The first-order valence-corrected chi connectivity index (χ1v) is 13.3. The van der Waals surface area contributed by atoms with E-state index in [1.807, 2.05) is 53.4 Å². The maximum absolute atomic E-state index is 14.2. The van der Waals surface area contributed by atoms with Crippen LogP contribution >= 0.6 is 11.8 Å². The lowest BCUT2D eigenvalue weighted by Gasteiger charge is -2.38. The number of rotatable bonds is 5.